The molecule has 1 aromatic rings. The van der Waals surface area contributed by atoms with Crippen LogP contribution < -0.4 is 10.6 Å². The lowest BCUT2D eigenvalue weighted by Crippen LogP contribution is -2.42. The van der Waals surface area contributed by atoms with Gasteiger partial charge in [0.2, 0.25) is 5.95 Å². The molecule has 1 fully saturated rings. The lowest BCUT2D eigenvalue weighted by molar-refractivity contribution is 0.0817. The highest BCUT2D eigenvalue weighted by atomic mass is 16.5. The van der Waals surface area contributed by atoms with E-state index >= 15 is 0 Å². The first kappa shape index (κ1) is 15.0. The zero-order valence-corrected chi connectivity index (χ0v) is 12.3. The summed E-state index contributed by atoms with van der Waals surface area (Å²) in [5.41, 5.74) is 6.09. The van der Waals surface area contributed by atoms with E-state index in [9.17, 15) is 4.79 Å². The van der Waals surface area contributed by atoms with Gasteiger partial charge in [-0.3, -0.25) is 0 Å². The molecule has 0 bridgehead atoms. The number of hydrogen-bond donors (Lipinski definition) is 1. The molecule has 7 nitrogen and oxygen atoms in total. The van der Waals surface area contributed by atoms with Crippen molar-refractivity contribution < 1.29 is 9.53 Å². The van der Waals surface area contributed by atoms with Crippen molar-refractivity contribution in [3.63, 3.8) is 0 Å². The van der Waals surface area contributed by atoms with E-state index in [0.717, 1.165) is 31.6 Å². The molecule has 2 rings (SSSR count). The second-order valence-electron chi connectivity index (χ2n) is 5.71. The molecule has 2 heterocycles. The lowest BCUT2D eigenvalue weighted by Gasteiger charge is -2.38. The fraction of sp³-hybridized carbons (Fsp3) is 0.571. The van der Waals surface area contributed by atoms with E-state index < -0.39 is 6.09 Å². The molecular weight excluding hydrogens is 270 g/mol. The summed E-state index contributed by atoms with van der Waals surface area (Å²) in [5.74, 6) is 0.587. The van der Waals surface area contributed by atoms with E-state index in [1.807, 2.05) is 13.0 Å². The smallest absolute Gasteiger partial charge is 0.404 e. The highest BCUT2D eigenvalue weighted by molar-refractivity contribution is 5.64. The van der Waals surface area contributed by atoms with Crippen LogP contribution in [0.3, 0.4) is 0 Å². The molecule has 0 radical (unpaired) electrons. The quantitative estimate of drug-likeness (QED) is 0.900. The van der Waals surface area contributed by atoms with Crippen molar-refractivity contribution in [3.8, 4) is 6.07 Å². The van der Waals surface area contributed by atoms with Crippen LogP contribution in [0, 0.1) is 23.7 Å². The zero-order chi connectivity index (χ0) is 15.5. The summed E-state index contributed by atoms with van der Waals surface area (Å²) in [6.45, 7) is 5.76. The van der Waals surface area contributed by atoms with Crippen LogP contribution in [0.4, 0.5) is 10.7 Å². The normalized spacial score (nSPS) is 17.1. The average Bonchev–Trinajstić information content (AvgIpc) is 2.45. The van der Waals surface area contributed by atoms with Crippen LogP contribution in [0.5, 0.6) is 0 Å². The molecule has 21 heavy (non-hydrogen) atoms. The van der Waals surface area contributed by atoms with Crippen LogP contribution in [0.1, 0.15) is 31.2 Å². The summed E-state index contributed by atoms with van der Waals surface area (Å²) in [4.78, 5) is 21.4. The van der Waals surface area contributed by atoms with Gasteiger partial charge in [-0.05, 0) is 25.8 Å². The maximum Gasteiger partial charge on any atom is 0.404 e. The summed E-state index contributed by atoms with van der Waals surface area (Å²) < 4.78 is 4.93. The van der Waals surface area contributed by atoms with Crippen molar-refractivity contribution in [2.45, 2.75) is 26.7 Å². The summed E-state index contributed by atoms with van der Waals surface area (Å²) >= 11 is 0. The second-order valence-corrected chi connectivity index (χ2v) is 5.71. The number of carbonyl (C=O) groups excluding carboxylic acids is 1. The van der Waals surface area contributed by atoms with Crippen LogP contribution in [0.15, 0.2) is 6.07 Å². The van der Waals surface area contributed by atoms with Crippen LogP contribution in [-0.4, -0.2) is 35.8 Å². The number of carbonyl (C=O) groups is 1. The number of nitrogens with zero attached hydrogens (tertiary/aromatic N) is 4. The van der Waals surface area contributed by atoms with Crippen molar-refractivity contribution in [1.29, 1.82) is 5.26 Å². The number of piperidine rings is 1. The predicted octanol–water partition coefficient (Wildman–Crippen LogP) is 1.36. The van der Waals surface area contributed by atoms with E-state index in [-0.39, 0.29) is 5.41 Å². The molecule has 0 spiro atoms. The highest BCUT2D eigenvalue weighted by Crippen LogP contribution is 2.32. The molecule has 7 heteroatoms. The van der Waals surface area contributed by atoms with Gasteiger partial charge in [0.25, 0.3) is 0 Å². The SMILES string of the molecule is Cc1cc(C#N)nc(N2CCC(C)(COC(N)=O)CC2)n1. The minimum atomic E-state index is -0.737. The van der Waals surface area contributed by atoms with Gasteiger partial charge in [0.05, 0.1) is 6.61 Å². The molecule has 2 N–H and O–H groups in total. The second kappa shape index (κ2) is 5.95. The number of anilines is 1. The van der Waals surface area contributed by atoms with E-state index in [4.69, 9.17) is 15.7 Å². The van der Waals surface area contributed by atoms with Gasteiger partial charge >= 0.3 is 6.09 Å². The molecule has 0 saturated carbocycles. The van der Waals surface area contributed by atoms with Gasteiger partial charge in [0.1, 0.15) is 11.8 Å². The summed E-state index contributed by atoms with van der Waals surface area (Å²) in [7, 11) is 0. The molecule has 1 aromatic heterocycles. The monoisotopic (exact) mass is 289 g/mol. The van der Waals surface area contributed by atoms with E-state index in [0.29, 0.717) is 18.2 Å². The Kier molecular flexibility index (Phi) is 4.26. The molecule has 0 aromatic carbocycles. The summed E-state index contributed by atoms with van der Waals surface area (Å²) in [5, 5.41) is 8.97. The number of hydrogen-bond acceptors (Lipinski definition) is 6. The average molecular weight is 289 g/mol. The number of rotatable bonds is 3. The van der Waals surface area contributed by atoms with Crippen molar-refractivity contribution in [1.82, 2.24) is 9.97 Å². The molecular formula is C14H19N5O2. The minimum absolute atomic E-state index is 0.0760. The molecule has 1 aliphatic rings. The van der Waals surface area contributed by atoms with Crippen LogP contribution in [0.25, 0.3) is 0 Å². The van der Waals surface area contributed by atoms with E-state index in [1.165, 1.54) is 0 Å². The maximum atomic E-state index is 10.7. The largest absolute Gasteiger partial charge is 0.449 e. The molecule has 0 atom stereocenters. The number of aryl methyl sites for hydroxylation is 1. The third kappa shape index (κ3) is 3.81. The predicted molar refractivity (Wildman–Crippen MR) is 76.6 cm³/mol. The van der Waals surface area contributed by atoms with E-state index in [2.05, 4.69) is 21.8 Å². The fourth-order valence-electron chi connectivity index (χ4n) is 2.39. The number of primary amides is 1. The van der Waals surface area contributed by atoms with Crippen molar-refractivity contribution >= 4 is 12.0 Å². The molecule has 0 aliphatic carbocycles. The molecule has 1 aliphatic heterocycles. The standard InChI is InChI=1S/C14H19N5O2/c1-10-7-11(8-15)18-13(17-10)19-5-3-14(2,4-6-19)9-21-12(16)20/h7H,3-6,9H2,1-2H3,(H2,16,20). The minimum Gasteiger partial charge on any atom is -0.449 e. The number of nitrogens with two attached hydrogens (primary N) is 1. The van der Waals surface area contributed by atoms with Crippen LogP contribution >= 0.6 is 0 Å². The Balaban J connectivity index is 2.02. The topological polar surface area (TPSA) is 105 Å². The Bertz CT molecular complexity index is 573. The number of nitriles is 1. The Morgan fingerprint density at radius 2 is 2.19 bits per heavy atom. The van der Waals surface area contributed by atoms with Crippen molar-refractivity contribution in [3.05, 3.63) is 17.5 Å². The van der Waals surface area contributed by atoms with Crippen LogP contribution in [0.2, 0.25) is 0 Å². The Labute approximate surface area is 123 Å². The molecule has 1 amide bonds. The van der Waals surface area contributed by atoms with Crippen molar-refractivity contribution in [2.75, 3.05) is 24.6 Å². The fourth-order valence-corrected chi connectivity index (χ4v) is 2.39. The van der Waals surface area contributed by atoms with Gasteiger partial charge in [0, 0.05) is 24.2 Å². The lowest BCUT2D eigenvalue weighted by atomic mass is 9.81. The third-order valence-electron chi connectivity index (χ3n) is 3.77. The number of aromatic nitrogens is 2. The van der Waals surface area contributed by atoms with Gasteiger partial charge in [-0.1, -0.05) is 6.92 Å². The van der Waals surface area contributed by atoms with Gasteiger partial charge in [-0.25, -0.2) is 14.8 Å². The van der Waals surface area contributed by atoms with Gasteiger partial charge < -0.3 is 15.4 Å². The van der Waals surface area contributed by atoms with Crippen molar-refractivity contribution in [2.24, 2.45) is 11.1 Å². The molecule has 112 valence electrons. The first-order valence-electron chi connectivity index (χ1n) is 6.85. The van der Waals surface area contributed by atoms with Gasteiger partial charge in [-0.2, -0.15) is 5.26 Å². The van der Waals surface area contributed by atoms with Gasteiger partial charge in [-0.15, -0.1) is 0 Å². The highest BCUT2D eigenvalue weighted by Gasteiger charge is 2.32. The Morgan fingerprint density at radius 3 is 2.76 bits per heavy atom. The molecule has 1 saturated heterocycles. The summed E-state index contributed by atoms with van der Waals surface area (Å²) in [6, 6.07) is 3.71. The maximum absolute atomic E-state index is 10.7. The number of ether oxygens (including phenoxy) is 1. The number of amides is 1. The summed E-state index contributed by atoms with van der Waals surface area (Å²) in [6.07, 6.45) is 0.957. The zero-order valence-electron chi connectivity index (χ0n) is 12.3. The Morgan fingerprint density at radius 1 is 1.52 bits per heavy atom. The third-order valence-corrected chi connectivity index (χ3v) is 3.77. The van der Waals surface area contributed by atoms with E-state index in [1.54, 1.807) is 6.07 Å². The molecule has 0 unspecified atom stereocenters. The van der Waals surface area contributed by atoms with Gasteiger partial charge in [0.15, 0.2) is 0 Å². The van der Waals surface area contributed by atoms with Crippen LogP contribution in [-0.2, 0) is 4.74 Å². The first-order chi connectivity index (χ1) is 9.92. The first-order valence-corrected chi connectivity index (χ1v) is 6.85. The Hall–Kier alpha value is -2.36.